The van der Waals surface area contributed by atoms with E-state index in [9.17, 15) is 14.0 Å². The van der Waals surface area contributed by atoms with Gasteiger partial charge in [0.2, 0.25) is 0 Å². The molecule has 1 amide bonds. The fourth-order valence-corrected chi connectivity index (χ4v) is 4.91. The molecule has 146 valence electrons. The van der Waals surface area contributed by atoms with Crippen molar-refractivity contribution < 1.29 is 23.1 Å². The molecular weight excluding hydrogens is 501 g/mol. The molecule has 2 heterocycles. The van der Waals surface area contributed by atoms with Crippen LogP contribution in [0.4, 0.5) is 20.2 Å². The van der Waals surface area contributed by atoms with Gasteiger partial charge in [-0.05, 0) is 59.3 Å². The summed E-state index contributed by atoms with van der Waals surface area (Å²) in [5.74, 6) is -2.72. The van der Waals surface area contributed by atoms with Crippen LogP contribution >= 0.6 is 34.4 Å². The second-order valence-corrected chi connectivity index (χ2v) is 8.79. The summed E-state index contributed by atoms with van der Waals surface area (Å²) in [6, 6.07) is 6.59. The number of hydrogen-bond acceptors (Lipinski definition) is 5. The van der Waals surface area contributed by atoms with Gasteiger partial charge in [-0.25, -0.2) is 13.6 Å². The number of hydrogen-bond donors (Lipinski definition) is 0. The lowest BCUT2D eigenvalue weighted by atomic mass is 10.0. The van der Waals surface area contributed by atoms with Crippen LogP contribution < -0.4 is 4.90 Å². The molecule has 2 aromatic carbocycles. The topological polar surface area (TPSA) is 49.9 Å². The standard InChI is InChI=1S/C19H15F2IN2O3S/c1-10-6-11(22)2-3-14(10)24-8-27-19(26)13-7-12(15(20)16(21)17(13)24)18(25)23-4-5-28-9-23/h2-3,6-7H,4-5,8-9H2,1H3. The van der Waals surface area contributed by atoms with Crippen LogP contribution in [0.15, 0.2) is 24.3 Å². The van der Waals surface area contributed by atoms with Gasteiger partial charge in [0.25, 0.3) is 5.91 Å². The molecule has 1 fully saturated rings. The lowest BCUT2D eigenvalue weighted by Crippen LogP contribution is -2.34. The van der Waals surface area contributed by atoms with Gasteiger partial charge in [0, 0.05) is 21.6 Å². The van der Waals surface area contributed by atoms with Crippen LogP contribution in [0, 0.1) is 22.1 Å². The molecule has 0 radical (unpaired) electrons. The minimum Gasteiger partial charge on any atom is -0.440 e. The Morgan fingerprint density at radius 3 is 2.71 bits per heavy atom. The first-order valence-electron chi connectivity index (χ1n) is 8.48. The lowest BCUT2D eigenvalue weighted by molar-refractivity contribution is 0.0491. The SMILES string of the molecule is Cc1cc(I)ccc1N1COC(=O)c2cc(C(=O)N3CCSC3)c(F)c(F)c21. The molecule has 9 heteroatoms. The van der Waals surface area contributed by atoms with Crippen molar-refractivity contribution in [3.05, 3.63) is 56.2 Å². The minimum atomic E-state index is -1.25. The summed E-state index contributed by atoms with van der Waals surface area (Å²) >= 11 is 3.69. The highest BCUT2D eigenvalue weighted by Crippen LogP contribution is 2.39. The van der Waals surface area contributed by atoms with Crippen molar-refractivity contribution >= 4 is 57.6 Å². The predicted octanol–water partition coefficient (Wildman–Crippen LogP) is 4.29. The van der Waals surface area contributed by atoms with Crippen LogP contribution in [0.3, 0.4) is 0 Å². The highest BCUT2D eigenvalue weighted by molar-refractivity contribution is 14.1. The summed E-state index contributed by atoms with van der Waals surface area (Å²) in [5, 5.41) is 0. The third-order valence-electron chi connectivity index (χ3n) is 4.72. The van der Waals surface area contributed by atoms with E-state index in [0.717, 1.165) is 21.0 Å². The molecule has 5 nitrogen and oxygen atoms in total. The number of fused-ring (bicyclic) bond motifs is 1. The molecule has 2 aliphatic heterocycles. The van der Waals surface area contributed by atoms with Gasteiger partial charge >= 0.3 is 5.97 Å². The van der Waals surface area contributed by atoms with Gasteiger partial charge in [0.05, 0.1) is 22.7 Å². The largest absolute Gasteiger partial charge is 0.440 e. The maximum absolute atomic E-state index is 15.1. The molecule has 0 aliphatic carbocycles. The number of ether oxygens (including phenoxy) is 1. The Labute approximate surface area is 178 Å². The summed E-state index contributed by atoms with van der Waals surface area (Å²) in [6.07, 6.45) is 0. The van der Waals surface area contributed by atoms with Gasteiger partial charge in [-0.2, -0.15) is 0 Å². The van der Waals surface area contributed by atoms with Crippen molar-refractivity contribution in [1.82, 2.24) is 4.90 Å². The van der Waals surface area contributed by atoms with E-state index in [1.165, 1.54) is 21.6 Å². The molecule has 0 N–H and O–H groups in total. The van der Waals surface area contributed by atoms with E-state index in [-0.39, 0.29) is 18.0 Å². The monoisotopic (exact) mass is 516 g/mol. The van der Waals surface area contributed by atoms with Gasteiger partial charge in [-0.3, -0.25) is 4.79 Å². The van der Waals surface area contributed by atoms with Crippen LogP contribution in [0.5, 0.6) is 0 Å². The summed E-state index contributed by atoms with van der Waals surface area (Å²) in [4.78, 5) is 27.7. The van der Waals surface area contributed by atoms with Crippen LogP contribution in [0.2, 0.25) is 0 Å². The van der Waals surface area contributed by atoms with Crippen molar-refractivity contribution in [1.29, 1.82) is 0 Å². The highest BCUT2D eigenvalue weighted by Gasteiger charge is 2.35. The van der Waals surface area contributed by atoms with Crippen LogP contribution in [0.25, 0.3) is 0 Å². The number of benzene rings is 2. The van der Waals surface area contributed by atoms with E-state index in [1.807, 2.05) is 19.1 Å². The predicted molar refractivity (Wildman–Crippen MR) is 111 cm³/mol. The molecule has 2 aliphatic rings. The number of nitrogens with zero attached hydrogens (tertiary/aromatic N) is 2. The van der Waals surface area contributed by atoms with Gasteiger partial charge in [0.1, 0.15) is 0 Å². The zero-order valence-electron chi connectivity index (χ0n) is 14.8. The number of halogens is 3. The Kier molecular flexibility index (Phi) is 5.21. The number of anilines is 2. The molecule has 4 rings (SSSR count). The van der Waals surface area contributed by atoms with Crippen molar-refractivity contribution in [3.63, 3.8) is 0 Å². The number of amides is 1. The van der Waals surface area contributed by atoms with E-state index in [0.29, 0.717) is 18.1 Å². The maximum atomic E-state index is 15.1. The Morgan fingerprint density at radius 2 is 2.04 bits per heavy atom. The number of cyclic esters (lactones) is 1. The Balaban J connectivity index is 1.85. The Hall–Kier alpha value is -1.88. The van der Waals surface area contributed by atoms with Crippen LogP contribution in [0.1, 0.15) is 26.3 Å². The van der Waals surface area contributed by atoms with E-state index < -0.39 is 29.1 Å². The van der Waals surface area contributed by atoms with Crippen LogP contribution in [-0.4, -0.2) is 41.7 Å². The average Bonchev–Trinajstić information content (AvgIpc) is 3.20. The number of carbonyl (C=O) groups excluding carboxylic acids is 2. The zero-order valence-corrected chi connectivity index (χ0v) is 17.8. The molecule has 0 atom stereocenters. The van der Waals surface area contributed by atoms with Gasteiger partial charge in [-0.15, -0.1) is 11.8 Å². The number of esters is 1. The summed E-state index contributed by atoms with van der Waals surface area (Å²) in [6.45, 7) is 2.06. The molecule has 0 spiro atoms. The molecule has 28 heavy (non-hydrogen) atoms. The van der Waals surface area contributed by atoms with Crippen molar-refractivity contribution in [2.45, 2.75) is 6.92 Å². The smallest absolute Gasteiger partial charge is 0.342 e. The highest BCUT2D eigenvalue weighted by atomic mass is 127. The first-order chi connectivity index (χ1) is 13.4. The molecular formula is C19H15F2IN2O3S. The van der Waals surface area contributed by atoms with E-state index >= 15 is 4.39 Å². The lowest BCUT2D eigenvalue weighted by Gasteiger charge is -2.32. The van der Waals surface area contributed by atoms with Gasteiger partial charge < -0.3 is 14.5 Å². The molecule has 0 unspecified atom stereocenters. The summed E-state index contributed by atoms with van der Waals surface area (Å²) in [7, 11) is 0. The third kappa shape index (κ3) is 3.24. The Bertz CT molecular complexity index is 996. The molecule has 0 bridgehead atoms. The zero-order chi connectivity index (χ0) is 20.0. The quantitative estimate of drug-likeness (QED) is 0.441. The first-order valence-corrected chi connectivity index (χ1v) is 10.7. The Morgan fingerprint density at radius 1 is 1.25 bits per heavy atom. The molecule has 0 saturated carbocycles. The number of rotatable bonds is 2. The van der Waals surface area contributed by atoms with Gasteiger partial charge in [0.15, 0.2) is 18.4 Å². The van der Waals surface area contributed by atoms with E-state index in [1.54, 1.807) is 6.07 Å². The molecule has 0 aromatic heterocycles. The number of aryl methyl sites for hydroxylation is 1. The van der Waals surface area contributed by atoms with Crippen molar-refractivity contribution in [2.24, 2.45) is 0 Å². The van der Waals surface area contributed by atoms with Crippen molar-refractivity contribution in [2.75, 3.05) is 29.8 Å². The van der Waals surface area contributed by atoms with Gasteiger partial charge in [-0.1, -0.05) is 0 Å². The third-order valence-corrected chi connectivity index (χ3v) is 6.35. The average molecular weight is 516 g/mol. The maximum Gasteiger partial charge on any atom is 0.342 e. The minimum absolute atomic E-state index is 0.154. The van der Waals surface area contributed by atoms with E-state index in [4.69, 9.17) is 4.74 Å². The fraction of sp³-hybridized carbons (Fsp3) is 0.263. The summed E-state index contributed by atoms with van der Waals surface area (Å²) < 4.78 is 36.1. The van der Waals surface area contributed by atoms with Crippen molar-refractivity contribution in [3.8, 4) is 0 Å². The molecule has 1 saturated heterocycles. The molecule has 2 aromatic rings. The normalized spacial score (nSPS) is 16.2. The van der Waals surface area contributed by atoms with Crippen LogP contribution in [-0.2, 0) is 4.74 Å². The second-order valence-electron chi connectivity index (χ2n) is 6.47. The number of thioether (sulfide) groups is 1. The summed E-state index contributed by atoms with van der Waals surface area (Å²) in [5.41, 5.74) is 0.618. The second kappa shape index (κ2) is 7.51. The first kappa shape index (κ1) is 19.4. The number of carbonyl (C=O) groups is 2. The van der Waals surface area contributed by atoms with E-state index in [2.05, 4.69) is 22.6 Å². The fourth-order valence-electron chi connectivity index (χ4n) is 3.31.